The van der Waals surface area contributed by atoms with E-state index in [9.17, 15) is 14.7 Å². The summed E-state index contributed by atoms with van der Waals surface area (Å²) in [5, 5.41) is 10.8. The van der Waals surface area contributed by atoms with Gasteiger partial charge in [-0.1, -0.05) is 74.5 Å². The molecule has 0 amide bonds. The molecule has 0 aromatic heterocycles. The normalized spacial score (nSPS) is 41.8. The van der Waals surface area contributed by atoms with Gasteiger partial charge in [0.15, 0.2) is 11.6 Å². The van der Waals surface area contributed by atoms with Gasteiger partial charge in [0.05, 0.1) is 6.10 Å². The van der Waals surface area contributed by atoms with Crippen molar-refractivity contribution in [2.75, 3.05) is 0 Å². The lowest BCUT2D eigenvalue weighted by atomic mass is 9.43. The van der Waals surface area contributed by atoms with Crippen LogP contribution in [0.15, 0.2) is 23.3 Å². The molecule has 0 aliphatic heterocycles. The standard InChI is InChI=1S/C32H50O3/c1-19(11-12-20(2)28(3,4)5)21-13-16-31(9)27-22(33)17-24-29(6,7)25(35)14-15-30(24,8)26(27)23(34)18-32(21,31)10/h19,21,24-25,35H,2,11-18H2,1,3-10H3. The molecule has 7 atom stereocenters. The van der Waals surface area contributed by atoms with Gasteiger partial charge in [0, 0.05) is 34.8 Å². The summed E-state index contributed by atoms with van der Waals surface area (Å²) in [7, 11) is 0. The van der Waals surface area contributed by atoms with E-state index in [4.69, 9.17) is 0 Å². The maximum atomic E-state index is 14.1. The Labute approximate surface area is 214 Å². The topological polar surface area (TPSA) is 54.4 Å². The summed E-state index contributed by atoms with van der Waals surface area (Å²) in [5.41, 5.74) is 2.03. The molecular formula is C32H50O3. The highest BCUT2D eigenvalue weighted by molar-refractivity contribution is 6.11. The second-order valence-electron chi connectivity index (χ2n) is 15.1. The highest BCUT2D eigenvalue weighted by atomic mass is 16.3. The third-order valence-electron chi connectivity index (χ3n) is 12.0. The Kier molecular flexibility index (Phi) is 6.24. The molecular weight excluding hydrogens is 432 g/mol. The molecule has 3 nitrogen and oxygen atoms in total. The lowest BCUT2D eigenvalue weighted by molar-refractivity contribution is -0.141. The highest BCUT2D eigenvalue weighted by Crippen LogP contribution is 2.71. The summed E-state index contributed by atoms with van der Waals surface area (Å²) >= 11 is 0. The van der Waals surface area contributed by atoms with E-state index in [0.717, 1.165) is 43.3 Å². The third kappa shape index (κ3) is 3.69. The third-order valence-corrected chi connectivity index (χ3v) is 12.0. The molecule has 1 N–H and O–H groups in total. The van der Waals surface area contributed by atoms with Crippen molar-refractivity contribution in [3.05, 3.63) is 23.3 Å². The molecule has 3 heteroatoms. The molecule has 2 fully saturated rings. The predicted molar refractivity (Wildman–Crippen MR) is 143 cm³/mol. The molecule has 0 spiro atoms. The van der Waals surface area contributed by atoms with E-state index in [-0.39, 0.29) is 44.6 Å². The molecule has 7 unspecified atom stereocenters. The zero-order valence-corrected chi connectivity index (χ0v) is 23.9. The van der Waals surface area contributed by atoms with Crippen LogP contribution in [0.5, 0.6) is 0 Å². The average Bonchev–Trinajstić information content (AvgIpc) is 3.01. The van der Waals surface area contributed by atoms with E-state index >= 15 is 0 Å². The number of ketones is 2. The first-order valence-electron chi connectivity index (χ1n) is 14.1. The number of carbonyl (C=O) groups excluding carboxylic acids is 2. The fourth-order valence-electron chi connectivity index (χ4n) is 9.08. The van der Waals surface area contributed by atoms with Crippen LogP contribution >= 0.6 is 0 Å². The van der Waals surface area contributed by atoms with Crippen LogP contribution < -0.4 is 0 Å². The molecule has 0 heterocycles. The Hall–Kier alpha value is -1.22. The Morgan fingerprint density at radius 3 is 2.26 bits per heavy atom. The van der Waals surface area contributed by atoms with Crippen LogP contribution in [-0.4, -0.2) is 22.8 Å². The summed E-state index contributed by atoms with van der Waals surface area (Å²) < 4.78 is 0. The Bertz CT molecular complexity index is 977. The van der Waals surface area contributed by atoms with Gasteiger partial charge in [0.25, 0.3) is 0 Å². The van der Waals surface area contributed by atoms with Gasteiger partial charge in [-0.25, -0.2) is 0 Å². The Morgan fingerprint density at radius 2 is 1.66 bits per heavy atom. The molecule has 0 bridgehead atoms. The summed E-state index contributed by atoms with van der Waals surface area (Å²) in [6, 6.07) is 0. The summed E-state index contributed by atoms with van der Waals surface area (Å²) in [5.74, 6) is 1.33. The minimum atomic E-state index is -0.422. The molecule has 0 radical (unpaired) electrons. The lowest BCUT2D eigenvalue weighted by Crippen LogP contribution is -2.59. The van der Waals surface area contributed by atoms with E-state index in [1.54, 1.807) is 0 Å². The van der Waals surface area contributed by atoms with Gasteiger partial charge in [-0.15, -0.1) is 0 Å². The zero-order valence-electron chi connectivity index (χ0n) is 23.9. The van der Waals surface area contributed by atoms with Gasteiger partial charge in [-0.05, 0) is 72.5 Å². The first-order valence-corrected chi connectivity index (χ1v) is 14.1. The predicted octanol–water partition coefficient (Wildman–Crippen LogP) is 7.47. The van der Waals surface area contributed by atoms with E-state index in [2.05, 4.69) is 68.9 Å². The lowest BCUT2D eigenvalue weighted by Gasteiger charge is -2.60. The summed E-state index contributed by atoms with van der Waals surface area (Å²) in [6.45, 7) is 24.4. The van der Waals surface area contributed by atoms with Crippen LogP contribution in [0.25, 0.3) is 0 Å². The quantitative estimate of drug-likeness (QED) is 0.423. The highest BCUT2D eigenvalue weighted by Gasteiger charge is 2.67. The number of rotatable bonds is 4. The Morgan fingerprint density at radius 1 is 1.03 bits per heavy atom. The number of aliphatic hydroxyl groups is 1. The maximum absolute atomic E-state index is 14.1. The van der Waals surface area contributed by atoms with Crippen molar-refractivity contribution in [2.45, 2.75) is 120 Å². The van der Waals surface area contributed by atoms with E-state index in [0.29, 0.717) is 31.1 Å². The monoisotopic (exact) mass is 482 g/mol. The number of allylic oxidation sites excluding steroid dienone is 3. The number of fused-ring (bicyclic) bond motifs is 4. The van der Waals surface area contributed by atoms with Crippen LogP contribution in [0.1, 0.15) is 114 Å². The van der Waals surface area contributed by atoms with Crippen molar-refractivity contribution in [1.82, 2.24) is 0 Å². The van der Waals surface area contributed by atoms with Crippen LogP contribution in [-0.2, 0) is 9.59 Å². The fraction of sp³-hybridized carbons (Fsp3) is 0.812. The Balaban J connectivity index is 1.72. The van der Waals surface area contributed by atoms with Gasteiger partial charge in [0.2, 0.25) is 0 Å². The van der Waals surface area contributed by atoms with Gasteiger partial charge >= 0.3 is 0 Å². The summed E-state index contributed by atoms with van der Waals surface area (Å²) in [4.78, 5) is 28.1. The van der Waals surface area contributed by atoms with Gasteiger partial charge < -0.3 is 5.11 Å². The summed E-state index contributed by atoms with van der Waals surface area (Å²) in [6.07, 6.45) is 6.26. The van der Waals surface area contributed by atoms with E-state index in [1.165, 1.54) is 5.57 Å². The molecule has 4 rings (SSSR count). The second-order valence-corrected chi connectivity index (χ2v) is 15.1. The molecule has 0 aromatic carbocycles. The maximum Gasteiger partial charge on any atom is 0.160 e. The number of carbonyl (C=O) groups is 2. The van der Waals surface area contributed by atoms with Crippen molar-refractivity contribution < 1.29 is 14.7 Å². The molecule has 0 saturated heterocycles. The zero-order chi connectivity index (χ0) is 26.4. The number of hydrogen-bond donors (Lipinski definition) is 1. The molecule has 4 aliphatic rings. The average molecular weight is 483 g/mol. The second kappa shape index (κ2) is 8.14. The van der Waals surface area contributed by atoms with Crippen LogP contribution in [0, 0.1) is 44.8 Å². The van der Waals surface area contributed by atoms with Crippen molar-refractivity contribution in [3.8, 4) is 0 Å². The minimum absolute atomic E-state index is 0.0152. The molecule has 0 aromatic rings. The SMILES string of the molecule is C=C(CCC(C)C1CCC2(C)C3=C(C(=O)CC12C)C1(C)CCC(O)C(C)(C)C1CC3=O)C(C)(C)C. The van der Waals surface area contributed by atoms with Crippen molar-refractivity contribution >= 4 is 11.6 Å². The fourth-order valence-corrected chi connectivity index (χ4v) is 9.08. The molecule has 196 valence electrons. The van der Waals surface area contributed by atoms with E-state index in [1.807, 2.05) is 0 Å². The largest absolute Gasteiger partial charge is 0.393 e. The van der Waals surface area contributed by atoms with Gasteiger partial charge in [0.1, 0.15) is 0 Å². The van der Waals surface area contributed by atoms with Gasteiger partial charge in [-0.3, -0.25) is 9.59 Å². The minimum Gasteiger partial charge on any atom is -0.393 e. The number of aliphatic hydroxyl groups excluding tert-OH is 1. The van der Waals surface area contributed by atoms with Crippen molar-refractivity contribution in [1.29, 1.82) is 0 Å². The first-order chi connectivity index (χ1) is 15.9. The van der Waals surface area contributed by atoms with Crippen LogP contribution in [0.2, 0.25) is 0 Å². The smallest absolute Gasteiger partial charge is 0.160 e. The van der Waals surface area contributed by atoms with Crippen LogP contribution in [0.4, 0.5) is 0 Å². The van der Waals surface area contributed by atoms with E-state index < -0.39 is 6.10 Å². The molecule has 4 aliphatic carbocycles. The first kappa shape index (κ1) is 26.8. The van der Waals surface area contributed by atoms with Crippen molar-refractivity contribution in [3.63, 3.8) is 0 Å². The molecule has 35 heavy (non-hydrogen) atoms. The molecule has 2 saturated carbocycles. The van der Waals surface area contributed by atoms with Crippen molar-refractivity contribution in [2.24, 2.45) is 44.8 Å². The van der Waals surface area contributed by atoms with Crippen LogP contribution in [0.3, 0.4) is 0 Å². The van der Waals surface area contributed by atoms with Gasteiger partial charge in [-0.2, -0.15) is 0 Å². The number of Topliss-reactive ketones (excluding diaryl/α,β-unsaturated/α-hetero) is 2. The number of hydrogen-bond acceptors (Lipinski definition) is 3.